The van der Waals surface area contributed by atoms with Crippen LogP contribution in [-0.2, 0) is 6.54 Å². The molecule has 0 spiro atoms. The van der Waals surface area contributed by atoms with Gasteiger partial charge >= 0.3 is 0 Å². The van der Waals surface area contributed by atoms with Gasteiger partial charge < -0.3 is 4.52 Å². The van der Waals surface area contributed by atoms with E-state index in [4.69, 9.17) is 9.51 Å². The molecule has 4 aromatic heterocycles. The van der Waals surface area contributed by atoms with Crippen LogP contribution < -0.4 is 5.56 Å². The van der Waals surface area contributed by atoms with E-state index in [-0.39, 0.29) is 10.8 Å². The van der Waals surface area contributed by atoms with Gasteiger partial charge in [-0.3, -0.25) is 9.36 Å². The van der Waals surface area contributed by atoms with Crippen molar-refractivity contribution >= 4 is 44.7 Å². The van der Waals surface area contributed by atoms with Gasteiger partial charge in [0.2, 0.25) is 5.89 Å². The first kappa shape index (κ1) is 17.4. The fourth-order valence-electron chi connectivity index (χ4n) is 2.67. The Bertz CT molecular complexity index is 1110. The molecule has 9 heteroatoms. The van der Waals surface area contributed by atoms with E-state index in [1.807, 2.05) is 36.7 Å². The molecule has 0 saturated heterocycles. The lowest BCUT2D eigenvalue weighted by molar-refractivity contribution is 0.376. The fourth-order valence-corrected chi connectivity index (χ4v) is 5.48. The van der Waals surface area contributed by atoms with Crippen LogP contribution >= 0.6 is 34.4 Å². The number of thiophene rings is 2. The molecule has 134 valence electrons. The van der Waals surface area contributed by atoms with Crippen LogP contribution in [0.5, 0.6) is 0 Å². The third kappa shape index (κ3) is 3.00. The predicted molar refractivity (Wildman–Crippen MR) is 106 cm³/mol. The first-order valence-electron chi connectivity index (χ1n) is 8.11. The third-order valence-electron chi connectivity index (χ3n) is 3.93. The molecule has 26 heavy (non-hydrogen) atoms. The van der Waals surface area contributed by atoms with Crippen molar-refractivity contribution in [3.63, 3.8) is 0 Å². The Morgan fingerprint density at radius 2 is 2.19 bits per heavy atom. The van der Waals surface area contributed by atoms with Gasteiger partial charge in [-0.05, 0) is 32.2 Å². The summed E-state index contributed by atoms with van der Waals surface area (Å²) in [5.41, 5.74) is 0.968. The summed E-state index contributed by atoms with van der Waals surface area (Å²) in [6, 6.07) is 4.03. The van der Waals surface area contributed by atoms with Crippen LogP contribution in [0.3, 0.4) is 0 Å². The van der Waals surface area contributed by atoms with E-state index in [0.717, 1.165) is 15.3 Å². The molecule has 1 unspecified atom stereocenters. The van der Waals surface area contributed by atoms with E-state index in [2.05, 4.69) is 10.1 Å². The van der Waals surface area contributed by atoms with E-state index >= 15 is 0 Å². The number of fused-ring (bicyclic) bond motifs is 1. The summed E-state index contributed by atoms with van der Waals surface area (Å²) >= 11 is 4.60. The molecule has 0 aliphatic rings. The van der Waals surface area contributed by atoms with Gasteiger partial charge in [0, 0.05) is 22.4 Å². The van der Waals surface area contributed by atoms with E-state index in [1.54, 1.807) is 22.8 Å². The monoisotopic (exact) mass is 404 g/mol. The van der Waals surface area contributed by atoms with Crippen LogP contribution in [0, 0.1) is 6.92 Å². The lowest BCUT2D eigenvalue weighted by atomic mass is 10.2. The number of hydrogen-bond acceptors (Lipinski definition) is 8. The highest BCUT2D eigenvalue weighted by Gasteiger charge is 2.21. The maximum atomic E-state index is 13.1. The van der Waals surface area contributed by atoms with E-state index in [9.17, 15) is 4.79 Å². The van der Waals surface area contributed by atoms with Crippen LogP contribution in [0.4, 0.5) is 0 Å². The van der Waals surface area contributed by atoms with Gasteiger partial charge in [0.25, 0.3) is 5.56 Å². The second-order valence-electron chi connectivity index (χ2n) is 5.69. The SMILES string of the molecule is CCn1c(SC(C)c2nc(C)no2)nc2scc(-c3cccs3)c2c1=O. The largest absolute Gasteiger partial charge is 0.338 e. The van der Waals surface area contributed by atoms with Gasteiger partial charge in [0.1, 0.15) is 4.83 Å². The predicted octanol–water partition coefficient (Wildman–Crippen LogP) is 4.75. The molecule has 0 N–H and O–H groups in total. The van der Waals surface area contributed by atoms with Crippen LogP contribution in [0.15, 0.2) is 37.4 Å². The lowest BCUT2D eigenvalue weighted by Gasteiger charge is -2.12. The van der Waals surface area contributed by atoms with Crippen molar-refractivity contribution in [1.29, 1.82) is 0 Å². The average Bonchev–Trinajstić information content (AvgIpc) is 3.34. The van der Waals surface area contributed by atoms with Gasteiger partial charge in [-0.2, -0.15) is 4.98 Å². The number of nitrogens with zero attached hydrogens (tertiary/aromatic N) is 4. The molecular formula is C17H16N4O2S3. The van der Waals surface area contributed by atoms with Crippen molar-refractivity contribution in [1.82, 2.24) is 19.7 Å². The fraction of sp³-hybridized carbons (Fsp3) is 0.294. The zero-order chi connectivity index (χ0) is 18.3. The van der Waals surface area contributed by atoms with E-state index < -0.39 is 0 Å². The normalized spacial score (nSPS) is 12.7. The number of thioether (sulfide) groups is 1. The molecule has 6 nitrogen and oxygen atoms in total. The smallest absolute Gasteiger partial charge is 0.263 e. The average molecular weight is 405 g/mol. The van der Waals surface area contributed by atoms with Crippen molar-refractivity contribution in [3.05, 3.63) is 45.0 Å². The van der Waals surface area contributed by atoms with Crippen molar-refractivity contribution in [2.24, 2.45) is 0 Å². The molecule has 1 atom stereocenters. The summed E-state index contributed by atoms with van der Waals surface area (Å²) in [6.45, 7) is 6.27. The van der Waals surface area contributed by atoms with E-state index in [1.165, 1.54) is 23.1 Å². The summed E-state index contributed by atoms with van der Waals surface area (Å²) < 4.78 is 6.97. The van der Waals surface area contributed by atoms with Crippen LogP contribution in [0.2, 0.25) is 0 Å². The van der Waals surface area contributed by atoms with Gasteiger partial charge in [-0.25, -0.2) is 4.98 Å². The van der Waals surface area contributed by atoms with Crippen molar-refractivity contribution < 1.29 is 4.52 Å². The zero-order valence-electron chi connectivity index (χ0n) is 14.4. The number of rotatable bonds is 5. The molecule has 4 rings (SSSR count). The van der Waals surface area contributed by atoms with Gasteiger partial charge in [-0.15, -0.1) is 22.7 Å². The number of aryl methyl sites for hydroxylation is 1. The first-order valence-corrected chi connectivity index (χ1v) is 10.7. The van der Waals surface area contributed by atoms with Gasteiger partial charge in [-0.1, -0.05) is 23.0 Å². The molecular weight excluding hydrogens is 388 g/mol. The quantitative estimate of drug-likeness (QED) is 0.353. The Hall–Kier alpha value is -1.97. The van der Waals surface area contributed by atoms with Crippen molar-refractivity contribution in [2.75, 3.05) is 0 Å². The minimum atomic E-state index is -0.0879. The minimum absolute atomic E-state index is 0.00133. The highest BCUT2D eigenvalue weighted by molar-refractivity contribution is 7.99. The molecule has 0 aliphatic carbocycles. The highest BCUT2D eigenvalue weighted by Crippen LogP contribution is 2.37. The lowest BCUT2D eigenvalue weighted by Crippen LogP contribution is -2.22. The first-order chi connectivity index (χ1) is 12.6. The Morgan fingerprint density at radius 3 is 2.85 bits per heavy atom. The third-order valence-corrected chi connectivity index (χ3v) is 6.79. The molecule has 0 saturated carbocycles. The second-order valence-corrected chi connectivity index (χ2v) is 8.80. The standard InChI is InChI=1S/C17H16N4O2S3/c1-4-21-16(22)13-11(12-6-5-7-24-12)8-25-15(13)19-17(21)26-9(2)14-18-10(3)20-23-14/h5-9H,4H2,1-3H3. The Kier molecular flexibility index (Phi) is 4.68. The summed E-state index contributed by atoms with van der Waals surface area (Å²) in [7, 11) is 0. The summed E-state index contributed by atoms with van der Waals surface area (Å²) in [6.07, 6.45) is 0. The molecule has 4 heterocycles. The maximum absolute atomic E-state index is 13.1. The van der Waals surface area contributed by atoms with E-state index in [0.29, 0.717) is 28.8 Å². The Labute approximate surface area is 161 Å². The molecule has 0 aromatic carbocycles. The zero-order valence-corrected chi connectivity index (χ0v) is 16.9. The summed E-state index contributed by atoms with van der Waals surface area (Å²) in [5, 5.41) is 9.16. The maximum Gasteiger partial charge on any atom is 0.263 e. The van der Waals surface area contributed by atoms with Crippen molar-refractivity contribution in [3.8, 4) is 10.4 Å². The van der Waals surface area contributed by atoms with Crippen LogP contribution in [0.1, 0.15) is 30.8 Å². The number of aromatic nitrogens is 4. The van der Waals surface area contributed by atoms with Crippen LogP contribution in [0.25, 0.3) is 20.7 Å². The molecule has 0 aliphatic heterocycles. The molecule has 0 amide bonds. The molecule has 0 bridgehead atoms. The van der Waals surface area contributed by atoms with Gasteiger partial charge in [0.05, 0.1) is 10.6 Å². The minimum Gasteiger partial charge on any atom is -0.338 e. The number of hydrogen-bond donors (Lipinski definition) is 0. The van der Waals surface area contributed by atoms with Gasteiger partial charge in [0.15, 0.2) is 11.0 Å². The second kappa shape index (κ2) is 6.98. The molecule has 0 radical (unpaired) electrons. The van der Waals surface area contributed by atoms with Crippen molar-refractivity contribution in [2.45, 2.75) is 37.7 Å². The highest BCUT2D eigenvalue weighted by atomic mass is 32.2. The van der Waals surface area contributed by atoms with Crippen LogP contribution in [-0.4, -0.2) is 19.7 Å². The Morgan fingerprint density at radius 1 is 1.35 bits per heavy atom. The topological polar surface area (TPSA) is 73.8 Å². The summed E-state index contributed by atoms with van der Waals surface area (Å²) in [4.78, 5) is 24.0. The molecule has 0 fully saturated rings. The Balaban J connectivity index is 1.80. The summed E-state index contributed by atoms with van der Waals surface area (Å²) in [5.74, 6) is 1.14. The molecule has 4 aromatic rings.